The molecular weight excluding hydrogens is 510 g/mol. The van der Waals surface area contributed by atoms with E-state index in [0.29, 0.717) is 24.8 Å². The van der Waals surface area contributed by atoms with E-state index < -0.39 is 0 Å². The first-order chi connectivity index (χ1) is 14.6. The van der Waals surface area contributed by atoms with Gasteiger partial charge in [0.2, 0.25) is 5.91 Å². The summed E-state index contributed by atoms with van der Waals surface area (Å²) in [5.41, 5.74) is 2.52. The Balaban J connectivity index is 0.00000341. The molecule has 0 aliphatic carbocycles. The molecule has 2 aromatic rings. The minimum atomic E-state index is -0.327. The van der Waals surface area contributed by atoms with Crippen LogP contribution in [-0.4, -0.2) is 49.6 Å². The van der Waals surface area contributed by atoms with E-state index in [1.807, 2.05) is 24.0 Å². The van der Waals surface area contributed by atoms with Gasteiger partial charge in [0, 0.05) is 26.2 Å². The molecule has 0 saturated carbocycles. The molecule has 3 rings (SSSR count). The predicted molar refractivity (Wildman–Crippen MR) is 131 cm³/mol. The highest BCUT2D eigenvalue weighted by atomic mass is 127. The second kappa shape index (κ2) is 12.5. The minimum Gasteiger partial charge on any atom is -0.489 e. The fourth-order valence-corrected chi connectivity index (χ4v) is 3.41. The second-order valence-corrected chi connectivity index (χ2v) is 7.25. The van der Waals surface area contributed by atoms with Crippen molar-refractivity contribution < 1.29 is 13.9 Å². The van der Waals surface area contributed by atoms with E-state index in [1.54, 1.807) is 19.2 Å². The first-order valence-electron chi connectivity index (χ1n) is 10.3. The molecule has 168 valence electrons. The molecule has 0 radical (unpaired) electrons. The van der Waals surface area contributed by atoms with E-state index in [1.165, 1.54) is 23.3 Å². The van der Waals surface area contributed by atoms with E-state index in [-0.39, 0.29) is 48.3 Å². The summed E-state index contributed by atoms with van der Waals surface area (Å²) in [6.45, 7) is 4.02. The minimum absolute atomic E-state index is 0. The number of aliphatic imine (C=N–C) groups is 1. The SMILES string of the molecule is CCC(CNC(=NC)NCC(=O)N1CCc2ccccc2C1)Oc1cccc(F)c1.I. The lowest BCUT2D eigenvalue weighted by Gasteiger charge is -2.29. The summed E-state index contributed by atoms with van der Waals surface area (Å²) < 4.78 is 19.2. The summed E-state index contributed by atoms with van der Waals surface area (Å²) in [6.07, 6.45) is 1.47. The highest BCUT2D eigenvalue weighted by Gasteiger charge is 2.20. The fraction of sp³-hybridized carbons (Fsp3) is 0.391. The Morgan fingerprint density at radius 2 is 1.97 bits per heavy atom. The number of hydrogen-bond donors (Lipinski definition) is 2. The van der Waals surface area contributed by atoms with Crippen LogP contribution in [0.5, 0.6) is 5.75 Å². The van der Waals surface area contributed by atoms with Gasteiger partial charge in [-0.25, -0.2) is 4.39 Å². The Kier molecular flexibility index (Phi) is 10.0. The van der Waals surface area contributed by atoms with Crippen molar-refractivity contribution in [2.75, 3.05) is 26.7 Å². The number of rotatable bonds is 7. The Morgan fingerprint density at radius 1 is 1.19 bits per heavy atom. The third kappa shape index (κ3) is 7.37. The lowest BCUT2D eigenvalue weighted by molar-refractivity contribution is -0.130. The van der Waals surface area contributed by atoms with Crippen molar-refractivity contribution in [1.29, 1.82) is 0 Å². The van der Waals surface area contributed by atoms with E-state index in [0.717, 1.165) is 19.4 Å². The van der Waals surface area contributed by atoms with Crippen LogP contribution in [0.1, 0.15) is 24.5 Å². The molecule has 1 heterocycles. The summed E-state index contributed by atoms with van der Waals surface area (Å²) >= 11 is 0. The van der Waals surface area contributed by atoms with Gasteiger partial charge in [0.1, 0.15) is 17.7 Å². The van der Waals surface area contributed by atoms with E-state index >= 15 is 0 Å². The zero-order valence-electron chi connectivity index (χ0n) is 17.9. The molecule has 2 aromatic carbocycles. The van der Waals surface area contributed by atoms with Gasteiger partial charge in [0.15, 0.2) is 5.96 Å². The van der Waals surface area contributed by atoms with E-state index in [2.05, 4.69) is 27.8 Å². The maximum atomic E-state index is 13.3. The number of amides is 1. The van der Waals surface area contributed by atoms with Crippen LogP contribution in [0.25, 0.3) is 0 Å². The molecule has 1 aliphatic heterocycles. The summed E-state index contributed by atoms with van der Waals surface area (Å²) in [5, 5.41) is 6.25. The summed E-state index contributed by atoms with van der Waals surface area (Å²) in [6, 6.07) is 14.3. The molecule has 0 spiro atoms. The Morgan fingerprint density at radius 3 is 2.68 bits per heavy atom. The molecule has 1 atom stereocenters. The molecule has 0 bridgehead atoms. The monoisotopic (exact) mass is 540 g/mol. The number of nitrogens with zero attached hydrogens (tertiary/aromatic N) is 2. The molecule has 0 saturated heterocycles. The molecule has 1 unspecified atom stereocenters. The zero-order chi connectivity index (χ0) is 21.3. The maximum Gasteiger partial charge on any atom is 0.242 e. The predicted octanol–water partition coefficient (Wildman–Crippen LogP) is 3.35. The molecule has 1 amide bonds. The van der Waals surface area contributed by atoms with Crippen LogP contribution < -0.4 is 15.4 Å². The molecule has 8 heteroatoms. The van der Waals surface area contributed by atoms with Crippen LogP contribution >= 0.6 is 24.0 Å². The number of hydrogen-bond acceptors (Lipinski definition) is 3. The van der Waals surface area contributed by atoms with Crippen LogP contribution in [0.3, 0.4) is 0 Å². The summed E-state index contributed by atoms with van der Waals surface area (Å²) in [7, 11) is 1.66. The van der Waals surface area contributed by atoms with E-state index in [4.69, 9.17) is 4.74 Å². The van der Waals surface area contributed by atoms with Crippen molar-refractivity contribution in [2.45, 2.75) is 32.4 Å². The van der Waals surface area contributed by atoms with Gasteiger partial charge < -0.3 is 20.3 Å². The summed E-state index contributed by atoms with van der Waals surface area (Å²) in [4.78, 5) is 18.7. The van der Waals surface area contributed by atoms with Gasteiger partial charge in [-0.15, -0.1) is 24.0 Å². The van der Waals surface area contributed by atoms with Crippen molar-refractivity contribution in [3.8, 4) is 5.75 Å². The molecule has 2 N–H and O–H groups in total. The first kappa shape index (κ1) is 24.9. The lowest BCUT2D eigenvalue weighted by Crippen LogP contribution is -2.47. The Hall–Kier alpha value is -2.36. The van der Waals surface area contributed by atoms with Gasteiger partial charge in [0.05, 0.1) is 13.1 Å². The van der Waals surface area contributed by atoms with Gasteiger partial charge in [-0.2, -0.15) is 0 Å². The highest BCUT2D eigenvalue weighted by Crippen LogP contribution is 2.18. The van der Waals surface area contributed by atoms with Gasteiger partial charge in [-0.3, -0.25) is 9.79 Å². The number of guanidine groups is 1. The van der Waals surface area contributed by atoms with Crippen LogP contribution in [0, 0.1) is 5.82 Å². The Labute approximate surface area is 200 Å². The number of carbonyl (C=O) groups excluding carboxylic acids is 1. The average molecular weight is 540 g/mol. The molecule has 31 heavy (non-hydrogen) atoms. The number of carbonyl (C=O) groups is 1. The molecular formula is C23H30FIN4O2. The lowest BCUT2D eigenvalue weighted by atomic mass is 10.00. The maximum absolute atomic E-state index is 13.3. The third-order valence-corrected chi connectivity index (χ3v) is 5.17. The molecule has 6 nitrogen and oxygen atoms in total. The number of ether oxygens (including phenoxy) is 1. The number of nitrogens with one attached hydrogen (secondary N) is 2. The van der Waals surface area contributed by atoms with Gasteiger partial charge >= 0.3 is 0 Å². The second-order valence-electron chi connectivity index (χ2n) is 7.25. The van der Waals surface area contributed by atoms with Crippen molar-refractivity contribution in [3.63, 3.8) is 0 Å². The van der Waals surface area contributed by atoms with Crippen molar-refractivity contribution in [1.82, 2.24) is 15.5 Å². The average Bonchev–Trinajstić information content (AvgIpc) is 2.77. The normalized spacial score (nSPS) is 14.2. The van der Waals surface area contributed by atoms with Gasteiger partial charge in [-0.1, -0.05) is 37.3 Å². The number of halogens is 2. The quantitative estimate of drug-likeness (QED) is 0.321. The van der Waals surface area contributed by atoms with Crippen molar-refractivity contribution in [3.05, 3.63) is 65.5 Å². The molecule has 1 aliphatic rings. The van der Waals surface area contributed by atoms with Crippen LogP contribution in [-0.2, 0) is 17.8 Å². The topological polar surface area (TPSA) is 66.0 Å². The number of benzene rings is 2. The largest absolute Gasteiger partial charge is 0.489 e. The summed E-state index contributed by atoms with van der Waals surface area (Å²) in [5.74, 6) is 0.733. The van der Waals surface area contributed by atoms with Crippen LogP contribution in [0.4, 0.5) is 4.39 Å². The first-order valence-corrected chi connectivity index (χ1v) is 10.3. The zero-order valence-corrected chi connectivity index (χ0v) is 20.3. The van der Waals surface area contributed by atoms with Gasteiger partial charge in [0.25, 0.3) is 0 Å². The van der Waals surface area contributed by atoms with Crippen LogP contribution in [0.2, 0.25) is 0 Å². The standard InChI is InChI=1S/C23H29FN4O2.HI/c1-3-20(30-21-10-6-9-19(24)13-21)14-26-23(25-2)27-15-22(29)28-12-11-17-7-4-5-8-18(17)16-28;/h4-10,13,20H,3,11-12,14-16H2,1-2H3,(H2,25,26,27);1H. The van der Waals surface area contributed by atoms with Crippen molar-refractivity contribution >= 4 is 35.8 Å². The highest BCUT2D eigenvalue weighted by molar-refractivity contribution is 14.0. The smallest absolute Gasteiger partial charge is 0.242 e. The van der Waals surface area contributed by atoms with Crippen molar-refractivity contribution in [2.24, 2.45) is 4.99 Å². The molecule has 0 fully saturated rings. The van der Waals surface area contributed by atoms with Gasteiger partial charge in [-0.05, 0) is 36.1 Å². The Bertz CT molecular complexity index is 893. The van der Waals surface area contributed by atoms with Crippen LogP contribution in [0.15, 0.2) is 53.5 Å². The fourth-order valence-electron chi connectivity index (χ4n) is 3.41. The molecule has 0 aromatic heterocycles. The third-order valence-electron chi connectivity index (χ3n) is 5.17. The van der Waals surface area contributed by atoms with E-state index in [9.17, 15) is 9.18 Å². The number of fused-ring (bicyclic) bond motifs is 1.